The number of amidine groups is 1. The van der Waals surface area contributed by atoms with Crippen molar-refractivity contribution in [3.63, 3.8) is 0 Å². The number of hydrogen-bond donors (Lipinski definition) is 2. The second kappa shape index (κ2) is 11.2. The van der Waals surface area contributed by atoms with Gasteiger partial charge in [-0.05, 0) is 49.8 Å². The second-order valence-corrected chi connectivity index (χ2v) is 10.00. The van der Waals surface area contributed by atoms with Crippen molar-refractivity contribution >= 4 is 34.8 Å². The molecule has 1 aliphatic rings. The fraction of sp³-hybridized carbons (Fsp3) is 0.125. The number of nitrogens with one attached hydrogen (secondary N) is 2. The van der Waals surface area contributed by atoms with E-state index in [2.05, 4.69) is 25.5 Å². The van der Waals surface area contributed by atoms with E-state index < -0.39 is 17.4 Å². The van der Waals surface area contributed by atoms with Crippen molar-refractivity contribution in [2.75, 3.05) is 7.11 Å². The van der Waals surface area contributed by atoms with E-state index in [1.807, 2.05) is 61.5 Å². The fourth-order valence-electron chi connectivity index (χ4n) is 4.75. The van der Waals surface area contributed by atoms with Gasteiger partial charge in [-0.25, -0.2) is 19.7 Å². The van der Waals surface area contributed by atoms with Gasteiger partial charge in [0.2, 0.25) is 0 Å². The number of ether oxygens (including phenoxy) is 1. The minimum Gasteiger partial charge on any atom is -0.497 e. The lowest BCUT2D eigenvalue weighted by molar-refractivity contribution is -0.135. The van der Waals surface area contributed by atoms with Crippen LogP contribution in [0.4, 0.5) is 0 Å². The average Bonchev–Trinajstić information content (AvgIpc) is 3.35. The highest BCUT2D eigenvalue weighted by molar-refractivity contribution is 6.15. The van der Waals surface area contributed by atoms with Crippen molar-refractivity contribution in [1.82, 2.24) is 30.2 Å². The molecule has 3 aromatic carbocycles. The molecule has 0 unspecified atom stereocenters. The van der Waals surface area contributed by atoms with Crippen LogP contribution in [-0.2, 0) is 16.0 Å². The van der Waals surface area contributed by atoms with Gasteiger partial charge in [-0.3, -0.25) is 19.8 Å². The normalized spacial score (nSPS) is 14.1. The predicted molar refractivity (Wildman–Crippen MR) is 162 cm³/mol. The predicted octanol–water partition coefficient (Wildman–Crippen LogP) is 3.64. The van der Waals surface area contributed by atoms with E-state index in [0.717, 1.165) is 21.8 Å². The maximum absolute atomic E-state index is 13.7. The lowest BCUT2D eigenvalue weighted by Crippen LogP contribution is -2.54. The first-order valence-corrected chi connectivity index (χ1v) is 13.5. The standard InChI is InChI=1S/C32H27N7O4/c1-19-9-13-22(14-10-19)29-33-25(17-21-11-15-24(43-3)16-12-21)31(41)37-39(29)27(40)18-26-34-30-28(32(42)35-26)20(2)36-38(30)23-7-5-4-6-8-23/h4-17H,18H2,1-3H3,(H,37,41)(H,34,35,42)/b25-17+. The van der Waals surface area contributed by atoms with Crippen LogP contribution in [0.5, 0.6) is 5.75 Å². The molecule has 0 radical (unpaired) electrons. The molecule has 2 amide bonds. The van der Waals surface area contributed by atoms with Crippen LogP contribution in [0.3, 0.4) is 0 Å². The summed E-state index contributed by atoms with van der Waals surface area (Å²) in [7, 11) is 1.58. The number of carbonyl (C=O) groups is 2. The molecule has 11 heteroatoms. The molecule has 0 atom stereocenters. The monoisotopic (exact) mass is 573 g/mol. The number of H-pyrrole nitrogens is 1. The number of fused-ring (bicyclic) bond motifs is 1. The minimum absolute atomic E-state index is 0.122. The van der Waals surface area contributed by atoms with E-state index in [-0.39, 0.29) is 23.8 Å². The topological polar surface area (TPSA) is 135 Å². The Morgan fingerprint density at radius 1 is 0.953 bits per heavy atom. The van der Waals surface area contributed by atoms with Gasteiger partial charge in [0, 0.05) is 5.56 Å². The van der Waals surface area contributed by atoms with Crippen LogP contribution in [0.2, 0.25) is 0 Å². The number of amides is 2. The molecule has 1 aliphatic heterocycles. The lowest BCUT2D eigenvalue weighted by atomic mass is 10.1. The molecule has 0 saturated heterocycles. The number of aromatic amines is 1. The molecule has 0 saturated carbocycles. The zero-order valence-corrected chi connectivity index (χ0v) is 23.7. The van der Waals surface area contributed by atoms with Gasteiger partial charge in [-0.1, -0.05) is 60.2 Å². The molecular weight excluding hydrogens is 546 g/mol. The maximum atomic E-state index is 13.7. The lowest BCUT2D eigenvalue weighted by Gasteiger charge is -2.28. The number of benzene rings is 3. The quantitative estimate of drug-likeness (QED) is 0.298. The highest BCUT2D eigenvalue weighted by Gasteiger charge is 2.30. The van der Waals surface area contributed by atoms with Gasteiger partial charge < -0.3 is 9.72 Å². The average molecular weight is 574 g/mol. The van der Waals surface area contributed by atoms with Crippen LogP contribution in [0.25, 0.3) is 22.8 Å². The summed E-state index contributed by atoms with van der Waals surface area (Å²) in [4.78, 5) is 51.9. The van der Waals surface area contributed by atoms with Crippen molar-refractivity contribution in [1.29, 1.82) is 0 Å². The van der Waals surface area contributed by atoms with E-state index in [4.69, 9.17) is 4.74 Å². The summed E-state index contributed by atoms with van der Waals surface area (Å²) >= 11 is 0. The summed E-state index contributed by atoms with van der Waals surface area (Å²) in [6.07, 6.45) is 1.32. The zero-order chi connectivity index (χ0) is 30.1. The van der Waals surface area contributed by atoms with Gasteiger partial charge in [0.25, 0.3) is 17.4 Å². The Balaban J connectivity index is 1.37. The van der Waals surface area contributed by atoms with Crippen LogP contribution in [0, 0.1) is 13.8 Å². The summed E-state index contributed by atoms with van der Waals surface area (Å²) in [6.45, 7) is 3.68. The Kier molecular flexibility index (Phi) is 7.12. The number of aliphatic imine (C=N–C) groups is 1. The van der Waals surface area contributed by atoms with Gasteiger partial charge in [-0.2, -0.15) is 5.10 Å². The minimum atomic E-state index is -0.560. The first-order chi connectivity index (χ1) is 20.8. The summed E-state index contributed by atoms with van der Waals surface area (Å²) in [5, 5.41) is 5.94. The molecule has 11 nitrogen and oxygen atoms in total. The van der Waals surface area contributed by atoms with Crippen LogP contribution < -0.4 is 15.7 Å². The molecule has 0 fully saturated rings. The van der Waals surface area contributed by atoms with E-state index in [9.17, 15) is 14.4 Å². The Hall–Kier alpha value is -5.84. The van der Waals surface area contributed by atoms with Crippen molar-refractivity contribution in [3.05, 3.63) is 123 Å². The number of hydrogen-bond acceptors (Lipinski definition) is 7. The largest absolute Gasteiger partial charge is 0.497 e. The number of para-hydroxylation sites is 1. The smallest absolute Gasteiger partial charge is 0.288 e. The Labute approximate surface area is 246 Å². The summed E-state index contributed by atoms with van der Waals surface area (Å²) in [5.41, 5.74) is 6.33. The summed E-state index contributed by atoms with van der Waals surface area (Å²) in [5.74, 6) is -0.0619. The fourth-order valence-corrected chi connectivity index (χ4v) is 4.75. The van der Waals surface area contributed by atoms with Gasteiger partial charge in [0.15, 0.2) is 11.5 Å². The number of hydrazine groups is 1. The molecule has 2 N–H and O–H groups in total. The Morgan fingerprint density at radius 3 is 2.37 bits per heavy atom. The molecule has 2 aromatic heterocycles. The van der Waals surface area contributed by atoms with E-state index in [0.29, 0.717) is 28.0 Å². The van der Waals surface area contributed by atoms with E-state index in [1.54, 1.807) is 49.1 Å². The Bertz CT molecular complexity index is 1970. The highest BCUT2D eigenvalue weighted by Crippen LogP contribution is 2.21. The van der Waals surface area contributed by atoms with Crippen LogP contribution in [-0.4, -0.2) is 49.5 Å². The number of methoxy groups -OCH3 is 1. The molecule has 43 heavy (non-hydrogen) atoms. The van der Waals surface area contributed by atoms with Gasteiger partial charge >= 0.3 is 0 Å². The van der Waals surface area contributed by atoms with E-state index >= 15 is 0 Å². The molecule has 0 aliphatic carbocycles. The summed E-state index contributed by atoms with van der Waals surface area (Å²) < 4.78 is 6.79. The number of nitrogens with zero attached hydrogens (tertiary/aromatic N) is 5. The van der Waals surface area contributed by atoms with Gasteiger partial charge in [-0.15, -0.1) is 0 Å². The maximum Gasteiger partial charge on any atom is 0.288 e. The van der Waals surface area contributed by atoms with Crippen LogP contribution in [0.1, 0.15) is 28.2 Å². The van der Waals surface area contributed by atoms with Crippen LogP contribution in [0.15, 0.2) is 94.3 Å². The molecule has 0 spiro atoms. The Morgan fingerprint density at radius 2 is 1.67 bits per heavy atom. The van der Waals surface area contributed by atoms with Crippen molar-refractivity contribution in [2.24, 2.45) is 4.99 Å². The number of aromatic nitrogens is 4. The molecule has 5 aromatic rings. The van der Waals surface area contributed by atoms with Crippen molar-refractivity contribution in [2.45, 2.75) is 20.3 Å². The number of carbonyl (C=O) groups excluding carboxylic acids is 2. The number of rotatable bonds is 6. The molecule has 3 heterocycles. The van der Waals surface area contributed by atoms with Gasteiger partial charge in [0.05, 0.1) is 24.9 Å². The third-order valence-electron chi connectivity index (χ3n) is 6.94. The highest BCUT2D eigenvalue weighted by atomic mass is 16.5. The third kappa shape index (κ3) is 5.43. The third-order valence-corrected chi connectivity index (χ3v) is 6.94. The SMILES string of the molecule is COc1ccc(/C=C2/N=C(c3ccc(C)cc3)N(C(=O)Cc3nc4c(c(C)nn4-c4ccccc4)c(=O)[nH]3)NC2=O)cc1. The van der Waals surface area contributed by atoms with Crippen molar-refractivity contribution < 1.29 is 14.3 Å². The zero-order valence-electron chi connectivity index (χ0n) is 23.7. The molecule has 0 bridgehead atoms. The summed E-state index contributed by atoms with van der Waals surface area (Å²) in [6, 6.07) is 23.9. The second-order valence-electron chi connectivity index (χ2n) is 10.00. The number of aryl methyl sites for hydroxylation is 2. The first-order valence-electron chi connectivity index (χ1n) is 13.5. The molecule has 214 valence electrons. The van der Waals surface area contributed by atoms with E-state index in [1.165, 1.54) is 0 Å². The van der Waals surface area contributed by atoms with Crippen LogP contribution >= 0.6 is 0 Å². The first kappa shape index (κ1) is 27.3. The van der Waals surface area contributed by atoms with Gasteiger partial charge in [0.1, 0.15) is 22.7 Å². The van der Waals surface area contributed by atoms with Crippen molar-refractivity contribution in [3.8, 4) is 11.4 Å². The molecule has 6 rings (SSSR count). The molecular formula is C32H27N7O4.